The number of carboxylic acids is 1. The normalized spacial score (nSPS) is 23.9. The third-order valence-electron chi connectivity index (χ3n) is 3.59. The van der Waals surface area contributed by atoms with E-state index in [2.05, 4.69) is 25.7 Å². The summed E-state index contributed by atoms with van der Waals surface area (Å²) in [5.41, 5.74) is -0.189. The lowest BCUT2D eigenvalue weighted by Gasteiger charge is -2.41. The molecule has 1 rings (SSSR count). The van der Waals surface area contributed by atoms with Crippen molar-refractivity contribution in [2.45, 2.75) is 51.3 Å². The second kappa shape index (κ2) is 6.50. The molecule has 2 atom stereocenters. The average molecular weight is 259 g/mol. The summed E-state index contributed by atoms with van der Waals surface area (Å²) >= 11 is 0. The van der Waals surface area contributed by atoms with E-state index in [0.717, 1.165) is 13.0 Å². The molecule has 0 aromatic heterocycles. The summed E-state index contributed by atoms with van der Waals surface area (Å²) in [5, 5.41) is 8.94. The number of morpholine rings is 1. The maximum Gasteiger partial charge on any atom is 0.305 e. The molecule has 0 aromatic rings. The molecule has 1 heterocycles. The van der Waals surface area contributed by atoms with Crippen molar-refractivity contribution in [1.29, 1.82) is 0 Å². The molecule has 1 aliphatic rings. The van der Waals surface area contributed by atoms with Crippen molar-refractivity contribution in [3.05, 3.63) is 0 Å². The Bertz CT molecular complexity index is 280. The van der Waals surface area contributed by atoms with Crippen LogP contribution in [0, 0.1) is 0 Å². The highest BCUT2D eigenvalue weighted by molar-refractivity contribution is 5.67. The lowest BCUT2D eigenvalue weighted by atomic mass is 9.97. The van der Waals surface area contributed by atoms with Crippen LogP contribution < -0.4 is 0 Å². The lowest BCUT2D eigenvalue weighted by Crippen LogP contribution is -2.52. The number of aliphatic carboxylic acids is 1. The molecular formula is C13H25NO4. The summed E-state index contributed by atoms with van der Waals surface area (Å²) in [6, 6.07) is 0.257. The minimum Gasteiger partial charge on any atom is -0.481 e. The van der Waals surface area contributed by atoms with Gasteiger partial charge in [0, 0.05) is 25.7 Å². The molecule has 2 unspecified atom stereocenters. The van der Waals surface area contributed by atoms with Crippen molar-refractivity contribution in [2.75, 3.05) is 26.9 Å². The number of nitrogens with zero attached hydrogens (tertiary/aromatic N) is 1. The molecule has 0 radical (unpaired) electrons. The van der Waals surface area contributed by atoms with Gasteiger partial charge in [-0.3, -0.25) is 9.69 Å². The number of carboxylic acid groups (broad SMARTS) is 1. The Kier molecular flexibility index (Phi) is 5.56. The van der Waals surface area contributed by atoms with Crippen LogP contribution in [-0.2, 0) is 14.3 Å². The fourth-order valence-corrected chi connectivity index (χ4v) is 2.54. The first-order valence-corrected chi connectivity index (χ1v) is 6.46. The smallest absolute Gasteiger partial charge is 0.305 e. The quantitative estimate of drug-likeness (QED) is 0.780. The van der Waals surface area contributed by atoms with Crippen molar-refractivity contribution >= 4 is 5.97 Å². The van der Waals surface area contributed by atoms with Gasteiger partial charge in [0.05, 0.1) is 25.2 Å². The summed E-state index contributed by atoms with van der Waals surface area (Å²) < 4.78 is 10.8. The first-order chi connectivity index (χ1) is 8.35. The first kappa shape index (κ1) is 15.4. The number of hydrogen-bond acceptors (Lipinski definition) is 4. The van der Waals surface area contributed by atoms with Crippen LogP contribution in [0.3, 0.4) is 0 Å². The molecule has 1 aliphatic heterocycles. The van der Waals surface area contributed by atoms with Crippen LogP contribution in [0.2, 0.25) is 0 Å². The molecule has 5 heteroatoms. The van der Waals surface area contributed by atoms with Crippen molar-refractivity contribution in [3.63, 3.8) is 0 Å². The van der Waals surface area contributed by atoms with Crippen LogP contribution in [0.1, 0.15) is 33.6 Å². The number of carbonyl (C=O) groups is 1. The molecule has 0 saturated carbocycles. The molecule has 0 amide bonds. The molecule has 0 bridgehead atoms. The Morgan fingerprint density at radius 2 is 2.28 bits per heavy atom. The van der Waals surface area contributed by atoms with Gasteiger partial charge in [0.25, 0.3) is 0 Å². The summed E-state index contributed by atoms with van der Waals surface area (Å²) in [6.07, 6.45) is 1.01. The Hall–Kier alpha value is -0.650. The molecule has 5 nitrogen and oxygen atoms in total. The van der Waals surface area contributed by atoms with Gasteiger partial charge < -0.3 is 14.6 Å². The third kappa shape index (κ3) is 4.55. The predicted molar refractivity (Wildman–Crippen MR) is 68.7 cm³/mol. The molecule has 0 aliphatic carbocycles. The monoisotopic (exact) mass is 259 g/mol. The molecule has 1 N–H and O–H groups in total. The van der Waals surface area contributed by atoms with E-state index in [0.29, 0.717) is 13.2 Å². The standard InChI is InChI=1S/C13H25NO4/c1-10(8-13(2,3)17-4)14-5-6-18-9-11(14)7-12(15)16/h10-11H,5-9H2,1-4H3,(H,15,16). The summed E-state index contributed by atoms with van der Waals surface area (Å²) in [6.45, 7) is 8.20. The highest BCUT2D eigenvalue weighted by Crippen LogP contribution is 2.23. The molecule has 18 heavy (non-hydrogen) atoms. The van der Waals surface area contributed by atoms with E-state index in [9.17, 15) is 4.79 Å². The molecule has 0 spiro atoms. The number of methoxy groups -OCH3 is 1. The van der Waals surface area contributed by atoms with Gasteiger partial charge in [-0.05, 0) is 27.2 Å². The van der Waals surface area contributed by atoms with E-state index in [1.165, 1.54) is 0 Å². The fourth-order valence-electron chi connectivity index (χ4n) is 2.54. The average Bonchev–Trinajstić information content (AvgIpc) is 2.28. The molecular weight excluding hydrogens is 234 g/mol. The molecule has 106 valence electrons. The second-order valence-electron chi connectivity index (χ2n) is 5.58. The summed E-state index contributed by atoms with van der Waals surface area (Å²) in [4.78, 5) is 13.1. The zero-order valence-electron chi connectivity index (χ0n) is 11.8. The number of hydrogen-bond donors (Lipinski definition) is 1. The van der Waals surface area contributed by atoms with E-state index in [1.54, 1.807) is 7.11 Å². The SMILES string of the molecule is COC(C)(C)CC(C)N1CCOCC1CC(=O)O. The van der Waals surface area contributed by atoms with Crippen molar-refractivity contribution in [3.8, 4) is 0 Å². The topological polar surface area (TPSA) is 59.0 Å². The largest absolute Gasteiger partial charge is 0.481 e. The zero-order valence-corrected chi connectivity index (χ0v) is 11.8. The van der Waals surface area contributed by atoms with Crippen LogP contribution in [-0.4, -0.2) is 60.5 Å². The van der Waals surface area contributed by atoms with E-state index in [1.807, 2.05) is 0 Å². The van der Waals surface area contributed by atoms with Crippen LogP contribution in [0.5, 0.6) is 0 Å². The van der Waals surface area contributed by atoms with Gasteiger partial charge >= 0.3 is 5.97 Å². The fraction of sp³-hybridized carbons (Fsp3) is 0.923. The van der Waals surface area contributed by atoms with Crippen LogP contribution in [0.4, 0.5) is 0 Å². The van der Waals surface area contributed by atoms with Crippen molar-refractivity contribution in [1.82, 2.24) is 4.90 Å². The van der Waals surface area contributed by atoms with Gasteiger partial charge in [-0.15, -0.1) is 0 Å². The van der Waals surface area contributed by atoms with E-state index < -0.39 is 5.97 Å². The Labute approximate surface area is 109 Å². The lowest BCUT2D eigenvalue weighted by molar-refractivity contribution is -0.141. The Morgan fingerprint density at radius 1 is 1.61 bits per heavy atom. The van der Waals surface area contributed by atoms with Crippen LogP contribution >= 0.6 is 0 Å². The minimum atomic E-state index is -0.770. The van der Waals surface area contributed by atoms with Gasteiger partial charge in [-0.2, -0.15) is 0 Å². The van der Waals surface area contributed by atoms with Gasteiger partial charge in [-0.1, -0.05) is 0 Å². The van der Waals surface area contributed by atoms with Crippen LogP contribution in [0.15, 0.2) is 0 Å². The van der Waals surface area contributed by atoms with Gasteiger partial charge in [0.1, 0.15) is 0 Å². The highest BCUT2D eigenvalue weighted by Gasteiger charge is 2.31. The molecule has 1 fully saturated rings. The summed E-state index contributed by atoms with van der Waals surface area (Å²) in [7, 11) is 1.71. The Morgan fingerprint density at radius 3 is 2.83 bits per heavy atom. The van der Waals surface area contributed by atoms with Crippen molar-refractivity contribution < 1.29 is 19.4 Å². The zero-order chi connectivity index (χ0) is 13.8. The third-order valence-corrected chi connectivity index (χ3v) is 3.59. The first-order valence-electron chi connectivity index (χ1n) is 6.46. The molecule has 1 saturated heterocycles. The highest BCUT2D eigenvalue weighted by atomic mass is 16.5. The second-order valence-corrected chi connectivity index (χ2v) is 5.58. The van der Waals surface area contributed by atoms with E-state index in [-0.39, 0.29) is 24.1 Å². The molecule has 0 aromatic carbocycles. The predicted octanol–water partition coefficient (Wildman–Crippen LogP) is 1.37. The number of ether oxygens (including phenoxy) is 2. The van der Waals surface area contributed by atoms with Crippen LogP contribution in [0.25, 0.3) is 0 Å². The van der Waals surface area contributed by atoms with Gasteiger partial charge in [-0.25, -0.2) is 0 Å². The van der Waals surface area contributed by atoms with Gasteiger partial charge in [0.15, 0.2) is 0 Å². The number of rotatable bonds is 6. The minimum absolute atomic E-state index is 0.0288. The maximum absolute atomic E-state index is 10.9. The van der Waals surface area contributed by atoms with E-state index >= 15 is 0 Å². The Balaban J connectivity index is 2.62. The summed E-state index contributed by atoms with van der Waals surface area (Å²) in [5.74, 6) is -0.770. The maximum atomic E-state index is 10.9. The van der Waals surface area contributed by atoms with Crippen molar-refractivity contribution in [2.24, 2.45) is 0 Å². The van der Waals surface area contributed by atoms with E-state index in [4.69, 9.17) is 14.6 Å². The van der Waals surface area contributed by atoms with Gasteiger partial charge in [0.2, 0.25) is 0 Å².